The summed E-state index contributed by atoms with van der Waals surface area (Å²) in [4.78, 5) is 48.3. The van der Waals surface area contributed by atoms with E-state index in [1.54, 1.807) is 31.3 Å². The van der Waals surface area contributed by atoms with Crippen LogP contribution >= 0.6 is 0 Å². The Kier molecular flexibility index (Phi) is 5.85. The highest BCUT2D eigenvalue weighted by atomic mass is 16.2. The first-order chi connectivity index (χ1) is 15.0. The Morgan fingerprint density at radius 3 is 2.68 bits per heavy atom. The van der Waals surface area contributed by atoms with Gasteiger partial charge in [0.25, 0.3) is 5.91 Å². The van der Waals surface area contributed by atoms with Gasteiger partial charge in [-0.3, -0.25) is 14.4 Å². The number of likely N-dealkylation sites (N-methyl/N-ethyl adjacent to an activating group) is 1. The van der Waals surface area contributed by atoms with E-state index in [9.17, 15) is 14.4 Å². The zero-order chi connectivity index (χ0) is 22.0. The normalized spacial score (nSPS) is 14.7. The molecule has 9 nitrogen and oxygen atoms in total. The number of fused-ring (bicyclic) bond motifs is 1. The van der Waals surface area contributed by atoms with Gasteiger partial charge in [-0.15, -0.1) is 0 Å². The molecule has 0 aliphatic carbocycles. The molecule has 9 heteroatoms. The summed E-state index contributed by atoms with van der Waals surface area (Å²) in [5, 5.41) is 2.95. The maximum absolute atomic E-state index is 12.8. The van der Waals surface area contributed by atoms with Crippen LogP contribution in [-0.4, -0.2) is 58.6 Å². The average Bonchev–Trinajstić information content (AvgIpc) is 2.79. The van der Waals surface area contributed by atoms with Crippen LogP contribution in [0.2, 0.25) is 0 Å². The Hall–Kier alpha value is -3.46. The van der Waals surface area contributed by atoms with E-state index < -0.39 is 11.1 Å². The summed E-state index contributed by atoms with van der Waals surface area (Å²) in [6.07, 6.45) is 1.77. The van der Waals surface area contributed by atoms with Crippen molar-refractivity contribution < 1.29 is 4.79 Å². The van der Waals surface area contributed by atoms with Crippen LogP contribution in [0.4, 0.5) is 5.82 Å². The number of anilines is 1. The second kappa shape index (κ2) is 8.73. The topological polar surface area (TPSA) is 103 Å². The molecule has 0 radical (unpaired) electrons. The Morgan fingerprint density at radius 2 is 1.94 bits per heavy atom. The number of hydrogen-bond acceptors (Lipinski definition) is 6. The van der Waals surface area contributed by atoms with E-state index in [-0.39, 0.29) is 5.91 Å². The lowest BCUT2D eigenvalue weighted by molar-refractivity contribution is 0.0951. The third kappa shape index (κ3) is 4.22. The SMILES string of the molecule is CCn1c(=O)c(=O)[nH]c2cc(C(=O)NCc3cccnc3N3CCN(C)CC3)ccc21. The van der Waals surface area contributed by atoms with E-state index in [0.29, 0.717) is 29.7 Å². The second-order valence-electron chi connectivity index (χ2n) is 7.69. The first-order valence-corrected chi connectivity index (χ1v) is 10.4. The largest absolute Gasteiger partial charge is 0.354 e. The number of H-pyrrole nitrogens is 1. The van der Waals surface area contributed by atoms with Crippen LogP contribution in [0, 0.1) is 0 Å². The molecule has 1 saturated heterocycles. The lowest BCUT2D eigenvalue weighted by atomic mass is 10.1. The van der Waals surface area contributed by atoms with Gasteiger partial charge in [0.05, 0.1) is 11.0 Å². The minimum absolute atomic E-state index is 0.259. The zero-order valence-corrected chi connectivity index (χ0v) is 17.7. The molecule has 1 aromatic carbocycles. The number of benzene rings is 1. The predicted molar refractivity (Wildman–Crippen MR) is 120 cm³/mol. The first-order valence-electron chi connectivity index (χ1n) is 10.4. The Morgan fingerprint density at radius 1 is 1.16 bits per heavy atom. The zero-order valence-electron chi connectivity index (χ0n) is 17.7. The van der Waals surface area contributed by atoms with Crippen LogP contribution in [0.25, 0.3) is 11.0 Å². The molecule has 1 fully saturated rings. The number of amides is 1. The maximum atomic E-state index is 12.8. The van der Waals surface area contributed by atoms with Gasteiger partial charge in [0.15, 0.2) is 0 Å². The molecule has 4 rings (SSSR count). The molecule has 3 aromatic rings. The minimum atomic E-state index is -0.695. The fraction of sp³-hybridized carbons (Fsp3) is 0.364. The van der Waals surface area contributed by atoms with E-state index >= 15 is 0 Å². The fourth-order valence-corrected chi connectivity index (χ4v) is 3.88. The molecule has 0 saturated carbocycles. The highest BCUT2D eigenvalue weighted by molar-refractivity contribution is 5.97. The number of carbonyl (C=O) groups excluding carboxylic acids is 1. The summed E-state index contributed by atoms with van der Waals surface area (Å²) >= 11 is 0. The molecular weight excluding hydrogens is 396 g/mol. The Bertz CT molecular complexity index is 1220. The van der Waals surface area contributed by atoms with Gasteiger partial charge in [0.2, 0.25) is 0 Å². The van der Waals surface area contributed by atoms with Crippen LogP contribution in [0.5, 0.6) is 0 Å². The number of carbonyl (C=O) groups is 1. The summed E-state index contributed by atoms with van der Waals surface area (Å²) in [5.41, 5.74) is 1.12. The molecular formula is C22H26N6O3. The van der Waals surface area contributed by atoms with Crippen molar-refractivity contribution in [3.8, 4) is 0 Å². The molecule has 0 atom stereocenters. The van der Waals surface area contributed by atoms with Crippen molar-refractivity contribution >= 4 is 22.8 Å². The Labute approximate surface area is 179 Å². The van der Waals surface area contributed by atoms with Crippen molar-refractivity contribution in [1.29, 1.82) is 0 Å². The summed E-state index contributed by atoms with van der Waals surface area (Å²) in [7, 11) is 2.10. The number of nitrogens with zero attached hydrogens (tertiary/aromatic N) is 4. The first kappa shape index (κ1) is 20.8. The van der Waals surface area contributed by atoms with Crippen molar-refractivity contribution in [2.24, 2.45) is 0 Å². The molecule has 1 aliphatic heterocycles. The van der Waals surface area contributed by atoms with Crippen LogP contribution in [-0.2, 0) is 13.1 Å². The standard InChI is InChI=1S/C22H26N6O3/c1-3-28-18-7-6-15(13-17(18)25-21(30)22(28)31)20(29)24-14-16-5-4-8-23-19(16)27-11-9-26(2)10-12-27/h4-8,13H,3,9-12,14H2,1-2H3,(H,24,29)(H,25,30). The van der Waals surface area contributed by atoms with Crippen molar-refractivity contribution in [1.82, 2.24) is 24.8 Å². The number of hydrogen-bond donors (Lipinski definition) is 2. The summed E-state index contributed by atoms with van der Waals surface area (Å²) in [5.74, 6) is 0.635. The molecule has 2 aromatic heterocycles. The van der Waals surface area contributed by atoms with Gasteiger partial charge >= 0.3 is 11.1 Å². The number of aromatic amines is 1. The van der Waals surface area contributed by atoms with Crippen LogP contribution in [0.1, 0.15) is 22.8 Å². The third-order valence-electron chi connectivity index (χ3n) is 5.66. The van der Waals surface area contributed by atoms with Gasteiger partial charge in [-0.25, -0.2) is 4.98 Å². The Balaban J connectivity index is 1.53. The number of aryl methyl sites for hydroxylation is 1. The molecule has 162 valence electrons. The van der Waals surface area contributed by atoms with Gasteiger partial charge in [0.1, 0.15) is 5.82 Å². The number of piperazine rings is 1. The molecule has 31 heavy (non-hydrogen) atoms. The molecule has 1 aliphatic rings. The van der Waals surface area contributed by atoms with Crippen molar-refractivity contribution in [2.45, 2.75) is 20.0 Å². The molecule has 0 bridgehead atoms. The van der Waals surface area contributed by atoms with Gasteiger partial charge < -0.3 is 24.7 Å². The van der Waals surface area contributed by atoms with E-state index in [0.717, 1.165) is 37.6 Å². The van der Waals surface area contributed by atoms with Gasteiger partial charge in [-0.05, 0) is 38.2 Å². The highest BCUT2D eigenvalue weighted by Gasteiger charge is 2.18. The van der Waals surface area contributed by atoms with Gasteiger partial charge in [0, 0.05) is 56.6 Å². The van der Waals surface area contributed by atoms with Crippen LogP contribution in [0.3, 0.4) is 0 Å². The molecule has 3 heterocycles. The number of nitrogens with one attached hydrogen (secondary N) is 2. The van der Waals surface area contributed by atoms with E-state index in [1.165, 1.54) is 4.57 Å². The van der Waals surface area contributed by atoms with Crippen molar-refractivity contribution in [3.63, 3.8) is 0 Å². The molecule has 2 N–H and O–H groups in total. The van der Waals surface area contributed by atoms with Gasteiger partial charge in [-0.2, -0.15) is 0 Å². The second-order valence-corrected chi connectivity index (χ2v) is 7.69. The summed E-state index contributed by atoms with van der Waals surface area (Å²) in [6.45, 7) is 6.25. The van der Waals surface area contributed by atoms with Crippen molar-refractivity contribution in [2.75, 3.05) is 38.1 Å². The lowest BCUT2D eigenvalue weighted by Crippen LogP contribution is -2.45. The van der Waals surface area contributed by atoms with Crippen molar-refractivity contribution in [3.05, 3.63) is 68.4 Å². The lowest BCUT2D eigenvalue weighted by Gasteiger charge is -2.34. The summed E-state index contributed by atoms with van der Waals surface area (Å²) in [6, 6.07) is 8.78. The molecule has 1 amide bonds. The fourth-order valence-electron chi connectivity index (χ4n) is 3.88. The average molecular weight is 422 g/mol. The highest BCUT2D eigenvalue weighted by Crippen LogP contribution is 2.19. The summed E-state index contributed by atoms with van der Waals surface area (Å²) < 4.78 is 1.40. The minimum Gasteiger partial charge on any atom is -0.354 e. The number of rotatable bonds is 5. The monoisotopic (exact) mass is 422 g/mol. The third-order valence-corrected chi connectivity index (χ3v) is 5.66. The van der Waals surface area contributed by atoms with Crippen LogP contribution in [0.15, 0.2) is 46.1 Å². The van der Waals surface area contributed by atoms with E-state index in [2.05, 4.69) is 32.1 Å². The number of pyridine rings is 1. The quantitative estimate of drug-likeness (QED) is 0.589. The van der Waals surface area contributed by atoms with E-state index in [4.69, 9.17) is 0 Å². The van der Waals surface area contributed by atoms with Gasteiger partial charge in [-0.1, -0.05) is 6.07 Å². The van der Waals surface area contributed by atoms with E-state index in [1.807, 2.05) is 12.1 Å². The predicted octanol–water partition coefficient (Wildman–Crippen LogP) is 0.787. The van der Waals surface area contributed by atoms with Crippen LogP contribution < -0.4 is 21.3 Å². The maximum Gasteiger partial charge on any atom is 0.316 e. The smallest absolute Gasteiger partial charge is 0.316 e. The molecule has 0 unspecified atom stereocenters. The molecule has 0 spiro atoms. The number of aromatic nitrogens is 3.